The van der Waals surface area contributed by atoms with Gasteiger partial charge in [0, 0.05) is 23.5 Å². The average Bonchev–Trinajstić information content (AvgIpc) is 3.66. The summed E-state index contributed by atoms with van der Waals surface area (Å²) in [5, 5.41) is 11.0. The van der Waals surface area contributed by atoms with Gasteiger partial charge in [0.2, 0.25) is 5.91 Å². The molecule has 0 unspecified atom stereocenters. The van der Waals surface area contributed by atoms with Gasteiger partial charge in [-0.1, -0.05) is 45.5 Å². The quantitative estimate of drug-likeness (QED) is 0.176. The van der Waals surface area contributed by atoms with Crippen molar-refractivity contribution in [3.05, 3.63) is 78.1 Å². The summed E-state index contributed by atoms with van der Waals surface area (Å²) in [5.74, 6) is 0.227. The lowest BCUT2D eigenvalue weighted by Gasteiger charge is -2.23. The number of ether oxygens (including phenoxy) is 1. The zero-order valence-corrected chi connectivity index (χ0v) is 27.1. The molecule has 1 aliphatic rings. The van der Waals surface area contributed by atoms with E-state index in [4.69, 9.17) is 0 Å². The van der Waals surface area contributed by atoms with E-state index in [1.54, 1.807) is 12.1 Å². The minimum atomic E-state index is -4.78. The number of aromatic nitrogens is 3. The van der Waals surface area contributed by atoms with Crippen molar-refractivity contribution >= 4 is 45.9 Å². The van der Waals surface area contributed by atoms with Gasteiger partial charge >= 0.3 is 12.4 Å². The van der Waals surface area contributed by atoms with Crippen LogP contribution in [0.1, 0.15) is 51.2 Å². The number of thioether (sulfide) groups is 1. The van der Waals surface area contributed by atoms with Crippen molar-refractivity contribution in [2.75, 3.05) is 27.8 Å². The highest BCUT2D eigenvalue weighted by atomic mass is 32.2. The fourth-order valence-electron chi connectivity index (χ4n) is 4.98. The van der Waals surface area contributed by atoms with Gasteiger partial charge < -0.3 is 15.4 Å². The lowest BCUT2D eigenvalue weighted by atomic mass is 9.99. The normalized spacial score (nSPS) is 14.3. The number of halogens is 3. The second kappa shape index (κ2) is 14.3. The van der Waals surface area contributed by atoms with Crippen LogP contribution in [0.4, 0.5) is 35.0 Å². The van der Waals surface area contributed by atoms with Crippen LogP contribution in [0, 0.1) is 0 Å². The number of hydrogen-bond donors (Lipinski definition) is 2. The van der Waals surface area contributed by atoms with Crippen molar-refractivity contribution in [2.24, 2.45) is 4.99 Å². The molecule has 0 radical (unpaired) electrons. The van der Waals surface area contributed by atoms with Crippen molar-refractivity contribution in [3.8, 4) is 22.8 Å². The largest absolute Gasteiger partial charge is 0.573 e. The van der Waals surface area contributed by atoms with E-state index >= 15 is 0 Å². The van der Waals surface area contributed by atoms with E-state index in [-0.39, 0.29) is 23.3 Å². The lowest BCUT2D eigenvalue weighted by molar-refractivity contribution is -0.274. The number of nitrogens with one attached hydrogen (secondary N) is 2. The molecule has 2 N–H and O–H groups in total. The maximum atomic E-state index is 13.2. The highest BCUT2D eigenvalue weighted by molar-refractivity contribution is 8.15. The Bertz CT molecular complexity index is 1790. The third-order valence-electron chi connectivity index (χ3n) is 7.25. The second-order valence-electron chi connectivity index (χ2n) is 11.0. The van der Waals surface area contributed by atoms with Gasteiger partial charge in [-0.05, 0) is 84.5 Å². The third-order valence-corrected chi connectivity index (χ3v) is 8.17. The Kier molecular flexibility index (Phi) is 10.2. The molecule has 47 heavy (non-hydrogen) atoms. The first-order valence-corrected chi connectivity index (χ1v) is 16.1. The number of amides is 3. The molecule has 246 valence electrons. The number of hydrogen-bond acceptors (Lipinski definition) is 7. The summed E-state index contributed by atoms with van der Waals surface area (Å²) < 4.78 is 42.8. The first kappa shape index (κ1) is 33.5. The lowest BCUT2D eigenvalue weighted by Crippen LogP contribution is -2.31. The Morgan fingerprint density at radius 2 is 1.85 bits per heavy atom. The van der Waals surface area contributed by atoms with Gasteiger partial charge in [-0.2, -0.15) is 4.99 Å². The molecule has 1 aliphatic heterocycles. The Hall–Kier alpha value is -4.85. The summed E-state index contributed by atoms with van der Waals surface area (Å²) in [4.78, 5) is 36.5. The van der Waals surface area contributed by atoms with Crippen LogP contribution in [-0.4, -0.2) is 50.5 Å². The summed E-state index contributed by atoms with van der Waals surface area (Å²) in [7, 11) is 0. The van der Waals surface area contributed by atoms with Gasteiger partial charge in [0.1, 0.15) is 12.1 Å². The predicted molar refractivity (Wildman–Crippen MR) is 179 cm³/mol. The molecule has 1 fully saturated rings. The van der Waals surface area contributed by atoms with Crippen LogP contribution in [0.25, 0.3) is 17.1 Å². The van der Waals surface area contributed by atoms with E-state index in [0.29, 0.717) is 40.0 Å². The highest BCUT2D eigenvalue weighted by Crippen LogP contribution is 2.36. The van der Waals surface area contributed by atoms with Gasteiger partial charge in [0.05, 0.1) is 17.1 Å². The molecule has 1 saturated heterocycles. The number of anilines is 3. The van der Waals surface area contributed by atoms with Crippen molar-refractivity contribution in [2.45, 2.75) is 52.8 Å². The number of benzene rings is 3. The average molecular weight is 666 g/mol. The molecule has 2 heterocycles. The minimum Gasteiger partial charge on any atom is -0.406 e. The molecule has 10 nitrogen and oxygen atoms in total. The SMILES string of the molecule is CCCNc1ccc(C(C)C)c(N2C(=O)CS/C2=N\C(=O)Nc2ccc(-c3ncn(-c4ccc(OC(F)(F)F)cc4)n3)cc2CC)c1. The number of carbonyl (C=O) groups excluding carboxylic acids is 2. The summed E-state index contributed by atoms with van der Waals surface area (Å²) in [6.45, 7) is 8.92. The Labute approximate surface area is 274 Å². The number of carbonyl (C=O) groups is 2. The zero-order chi connectivity index (χ0) is 33.7. The Morgan fingerprint density at radius 3 is 2.53 bits per heavy atom. The molecular formula is C33H34F3N7O3S. The van der Waals surface area contributed by atoms with Crippen LogP contribution in [0.15, 0.2) is 72.0 Å². The smallest absolute Gasteiger partial charge is 0.406 e. The maximum absolute atomic E-state index is 13.2. The maximum Gasteiger partial charge on any atom is 0.573 e. The number of urea groups is 1. The van der Waals surface area contributed by atoms with Crippen LogP contribution in [0.3, 0.4) is 0 Å². The standard InChI is InChI=1S/C33H34F3N7O3S/c1-5-15-37-23-8-13-26(20(3)4)28(17-23)43-29(44)18-47-32(43)40-31(45)39-27-14-7-22(16-21(27)6-2)30-38-19-42(41-30)24-9-11-25(12-10-24)46-33(34,35)36/h7-14,16-17,19-20,37H,5-6,15,18H2,1-4H3,(H,39,45)/b40-32-. The first-order valence-electron chi connectivity index (χ1n) is 15.1. The number of rotatable bonds is 10. The topological polar surface area (TPSA) is 114 Å². The van der Waals surface area contributed by atoms with Gasteiger partial charge in [-0.3, -0.25) is 9.69 Å². The molecule has 3 aromatic carbocycles. The Balaban J connectivity index is 1.34. The molecule has 0 aliphatic carbocycles. The van der Waals surface area contributed by atoms with Gasteiger partial charge in [0.15, 0.2) is 11.0 Å². The van der Waals surface area contributed by atoms with E-state index in [1.165, 1.54) is 51.9 Å². The van der Waals surface area contributed by atoms with Crippen LogP contribution in [0.5, 0.6) is 5.75 Å². The number of amidine groups is 1. The number of aryl methyl sites for hydroxylation is 1. The van der Waals surface area contributed by atoms with Crippen LogP contribution in [0.2, 0.25) is 0 Å². The molecule has 0 bridgehead atoms. The molecule has 4 aromatic rings. The molecule has 3 amide bonds. The monoisotopic (exact) mass is 665 g/mol. The third kappa shape index (κ3) is 8.12. The van der Waals surface area contributed by atoms with E-state index in [2.05, 4.69) is 51.2 Å². The summed E-state index contributed by atoms with van der Waals surface area (Å²) in [6.07, 6.45) is -1.79. The van der Waals surface area contributed by atoms with Crippen molar-refractivity contribution in [1.29, 1.82) is 0 Å². The second-order valence-corrected chi connectivity index (χ2v) is 11.9. The minimum absolute atomic E-state index is 0.142. The molecule has 14 heteroatoms. The molecule has 0 atom stereocenters. The van der Waals surface area contributed by atoms with E-state index in [9.17, 15) is 22.8 Å². The molecule has 5 rings (SSSR count). The fraction of sp³-hybridized carbons (Fsp3) is 0.303. The summed E-state index contributed by atoms with van der Waals surface area (Å²) in [6, 6.07) is 16.0. The number of alkyl halides is 3. The van der Waals surface area contributed by atoms with Crippen molar-refractivity contribution in [3.63, 3.8) is 0 Å². The Morgan fingerprint density at radius 1 is 1.09 bits per heavy atom. The van der Waals surface area contributed by atoms with Crippen LogP contribution in [-0.2, 0) is 11.2 Å². The molecular weight excluding hydrogens is 631 g/mol. The zero-order valence-electron chi connectivity index (χ0n) is 26.3. The first-order chi connectivity index (χ1) is 22.5. The number of aliphatic imine (C=N–C) groups is 1. The van der Waals surface area contributed by atoms with Crippen molar-refractivity contribution in [1.82, 2.24) is 14.8 Å². The van der Waals surface area contributed by atoms with E-state index < -0.39 is 12.4 Å². The predicted octanol–water partition coefficient (Wildman–Crippen LogP) is 8.01. The fourth-order valence-corrected chi connectivity index (χ4v) is 5.84. The summed E-state index contributed by atoms with van der Waals surface area (Å²) in [5.41, 5.74) is 5.12. The van der Waals surface area contributed by atoms with Crippen LogP contribution >= 0.6 is 11.8 Å². The van der Waals surface area contributed by atoms with Gasteiger partial charge in [0.25, 0.3) is 0 Å². The molecule has 0 saturated carbocycles. The molecule has 1 aromatic heterocycles. The number of nitrogens with zero attached hydrogens (tertiary/aromatic N) is 5. The van der Waals surface area contributed by atoms with Crippen molar-refractivity contribution < 1.29 is 27.5 Å². The highest BCUT2D eigenvalue weighted by Gasteiger charge is 2.33. The summed E-state index contributed by atoms with van der Waals surface area (Å²) >= 11 is 1.22. The van der Waals surface area contributed by atoms with Gasteiger partial charge in [-0.25, -0.2) is 14.5 Å². The van der Waals surface area contributed by atoms with Crippen LogP contribution < -0.4 is 20.3 Å². The molecule has 0 spiro atoms. The van der Waals surface area contributed by atoms with E-state index in [1.807, 2.05) is 31.2 Å². The van der Waals surface area contributed by atoms with E-state index in [0.717, 1.165) is 29.8 Å². The van der Waals surface area contributed by atoms with Gasteiger partial charge in [-0.15, -0.1) is 18.3 Å².